The summed E-state index contributed by atoms with van der Waals surface area (Å²) in [5.41, 5.74) is 1.39. The number of aryl methyl sites for hydroxylation is 1. The van der Waals surface area contributed by atoms with E-state index < -0.39 is 0 Å². The molecule has 0 radical (unpaired) electrons. The Morgan fingerprint density at radius 3 is 2.76 bits per heavy atom. The molecule has 1 aromatic heterocycles. The van der Waals surface area contributed by atoms with E-state index in [0.29, 0.717) is 6.04 Å². The molecule has 0 amide bonds. The van der Waals surface area contributed by atoms with Gasteiger partial charge >= 0.3 is 0 Å². The second-order valence-corrected chi connectivity index (χ2v) is 8.00. The van der Waals surface area contributed by atoms with Gasteiger partial charge in [0, 0.05) is 23.5 Å². The van der Waals surface area contributed by atoms with Crippen LogP contribution in [0, 0.1) is 5.92 Å². The second kappa shape index (κ2) is 5.88. The molecule has 4 heteroatoms. The van der Waals surface area contributed by atoms with Crippen LogP contribution < -0.4 is 10.2 Å². The summed E-state index contributed by atoms with van der Waals surface area (Å²) in [5.74, 6) is 0.938. The lowest BCUT2D eigenvalue weighted by molar-refractivity contribution is 0.430. The van der Waals surface area contributed by atoms with Gasteiger partial charge in [0.2, 0.25) is 0 Å². The highest BCUT2D eigenvalue weighted by atomic mass is 32.1. The van der Waals surface area contributed by atoms with Gasteiger partial charge in [-0.05, 0) is 57.9 Å². The fourth-order valence-electron chi connectivity index (χ4n) is 4.67. The van der Waals surface area contributed by atoms with Crippen LogP contribution in [0.5, 0.6) is 0 Å². The molecule has 1 saturated carbocycles. The van der Waals surface area contributed by atoms with Crippen LogP contribution >= 0.6 is 11.3 Å². The van der Waals surface area contributed by atoms with Crippen molar-refractivity contribution < 1.29 is 0 Å². The summed E-state index contributed by atoms with van der Waals surface area (Å²) in [6.45, 7) is 1.23. The van der Waals surface area contributed by atoms with Gasteiger partial charge in [-0.3, -0.25) is 0 Å². The van der Waals surface area contributed by atoms with Gasteiger partial charge in [-0.2, -0.15) is 0 Å². The molecular formula is C17H27N3S. The number of hydrogen-bond donors (Lipinski definition) is 1. The molecule has 2 fully saturated rings. The molecular weight excluding hydrogens is 278 g/mol. The molecule has 0 bridgehead atoms. The Kier molecular flexibility index (Phi) is 3.92. The van der Waals surface area contributed by atoms with Crippen molar-refractivity contribution in [3.05, 3.63) is 10.6 Å². The minimum atomic E-state index is 0.549. The molecule has 0 spiro atoms. The van der Waals surface area contributed by atoms with E-state index in [1.807, 2.05) is 11.3 Å². The third kappa shape index (κ3) is 2.50. The highest BCUT2D eigenvalue weighted by molar-refractivity contribution is 7.15. The Hall–Kier alpha value is -0.610. The maximum absolute atomic E-state index is 5.06. The van der Waals surface area contributed by atoms with E-state index in [-0.39, 0.29) is 0 Å². The van der Waals surface area contributed by atoms with Gasteiger partial charge < -0.3 is 10.2 Å². The number of nitrogens with one attached hydrogen (secondary N) is 1. The molecule has 3 aliphatic rings. The number of anilines is 1. The van der Waals surface area contributed by atoms with Gasteiger partial charge in [0.1, 0.15) is 0 Å². The maximum atomic E-state index is 5.06. The Bertz CT molecular complexity index is 492. The largest absolute Gasteiger partial charge is 0.345 e. The summed E-state index contributed by atoms with van der Waals surface area (Å²) in [4.78, 5) is 9.25. The van der Waals surface area contributed by atoms with E-state index in [9.17, 15) is 0 Å². The quantitative estimate of drug-likeness (QED) is 0.918. The van der Waals surface area contributed by atoms with Crippen LogP contribution in [0.3, 0.4) is 0 Å². The molecule has 4 rings (SSSR count). The zero-order valence-electron chi connectivity index (χ0n) is 13.1. The molecule has 1 aliphatic heterocycles. The fourth-order valence-corrected chi connectivity index (χ4v) is 6.01. The first kappa shape index (κ1) is 14.0. The first-order valence-electron chi connectivity index (χ1n) is 8.80. The highest BCUT2D eigenvalue weighted by Gasteiger charge is 2.35. The van der Waals surface area contributed by atoms with E-state index in [4.69, 9.17) is 4.98 Å². The average Bonchev–Trinajstić information content (AvgIpc) is 3.23. The predicted octanol–water partition coefficient (Wildman–Crippen LogP) is 3.90. The summed E-state index contributed by atoms with van der Waals surface area (Å²) in [6.07, 6.45) is 12.3. The van der Waals surface area contributed by atoms with Gasteiger partial charge in [0.15, 0.2) is 5.13 Å². The highest BCUT2D eigenvalue weighted by Crippen LogP contribution is 2.42. The molecule has 2 unspecified atom stereocenters. The molecule has 21 heavy (non-hydrogen) atoms. The van der Waals surface area contributed by atoms with Crippen LogP contribution in [0.2, 0.25) is 0 Å². The van der Waals surface area contributed by atoms with Crippen LogP contribution in [0.4, 0.5) is 5.13 Å². The normalized spacial score (nSPS) is 30.0. The summed E-state index contributed by atoms with van der Waals surface area (Å²) in [6, 6.07) is 1.33. The minimum absolute atomic E-state index is 0.549. The molecule has 2 atom stereocenters. The SMILES string of the molecule is CNC1CCCc2nc(N3CCCC3C3CCCC3)sc21. The van der Waals surface area contributed by atoms with E-state index >= 15 is 0 Å². The van der Waals surface area contributed by atoms with Gasteiger partial charge in [-0.25, -0.2) is 4.98 Å². The van der Waals surface area contributed by atoms with Gasteiger partial charge in [-0.15, -0.1) is 0 Å². The number of fused-ring (bicyclic) bond motifs is 1. The van der Waals surface area contributed by atoms with Crippen molar-refractivity contribution >= 4 is 16.5 Å². The number of nitrogens with zero attached hydrogens (tertiary/aromatic N) is 2. The van der Waals surface area contributed by atoms with E-state index in [0.717, 1.165) is 12.0 Å². The average molecular weight is 305 g/mol. The van der Waals surface area contributed by atoms with Crippen molar-refractivity contribution in [3.63, 3.8) is 0 Å². The third-order valence-corrected chi connectivity index (χ3v) is 7.02. The third-order valence-electron chi connectivity index (χ3n) is 5.78. The van der Waals surface area contributed by atoms with Crippen molar-refractivity contribution in [2.75, 3.05) is 18.5 Å². The summed E-state index contributed by atoms with van der Waals surface area (Å²) >= 11 is 1.98. The predicted molar refractivity (Wildman–Crippen MR) is 89.2 cm³/mol. The Morgan fingerprint density at radius 2 is 1.95 bits per heavy atom. The molecule has 1 saturated heterocycles. The lowest BCUT2D eigenvalue weighted by Gasteiger charge is -2.29. The second-order valence-electron chi connectivity index (χ2n) is 6.99. The molecule has 3 nitrogen and oxygen atoms in total. The topological polar surface area (TPSA) is 28.2 Å². The molecule has 1 aromatic rings. The zero-order valence-corrected chi connectivity index (χ0v) is 13.9. The van der Waals surface area contributed by atoms with E-state index in [1.165, 1.54) is 80.0 Å². The number of rotatable bonds is 3. The van der Waals surface area contributed by atoms with E-state index in [2.05, 4.69) is 17.3 Å². The van der Waals surface area contributed by atoms with Crippen molar-refractivity contribution in [1.82, 2.24) is 10.3 Å². The summed E-state index contributed by atoms with van der Waals surface area (Å²) in [7, 11) is 2.09. The first-order valence-corrected chi connectivity index (χ1v) is 9.62. The lowest BCUT2D eigenvalue weighted by atomic mass is 9.96. The Labute approximate surface area is 132 Å². The van der Waals surface area contributed by atoms with Crippen molar-refractivity contribution in [2.24, 2.45) is 5.92 Å². The van der Waals surface area contributed by atoms with E-state index in [1.54, 1.807) is 0 Å². The smallest absolute Gasteiger partial charge is 0.186 e. The molecule has 2 heterocycles. The fraction of sp³-hybridized carbons (Fsp3) is 0.824. The van der Waals surface area contributed by atoms with Crippen LogP contribution in [0.15, 0.2) is 0 Å². The van der Waals surface area contributed by atoms with Crippen molar-refractivity contribution in [2.45, 2.75) is 69.9 Å². The minimum Gasteiger partial charge on any atom is -0.345 e. The monoisotopic (exact) mass is 305 g/mol. The van der Waals surface area contributed by atoms with Gasteiger partial charge in [-0.1, -0.05) is 24.2 Å². The number of aromatic nitrogens is 1. The number of hydrogen-bond acceptors (Lipinski definition) is 4. The van der Waals surface area contributed by atoms with Crippen molar-refractivity contribution in [1.29, 1.82) is 0 Å². The van der Waals surface area contributed by atoms with Crippen LogP contribution in [-0.4, -0.2) is 24.6 Å². The summed E-state index contributed by atoms with van der Waals surface area (Å²) < 4.78 is 0. The summed E-state index contributed by atoms with van der Waals surface area (Å²) in [5, 5.41) is 4.81. The molecule has 2 aliphatic carbocycles. The number of thiazole rings is 1. The standard InChI is InChI=1S/C17H27N3S/c1-18-13-8-4-9-14-16(13)21-17(19-14)20-11-5-10-15(20)12-6-2-3-7-12/h12-13,15,18H,2-11H2,1H3. The van der Waals surface area contributed by atoms with Gasteiger partial charge in [0.25, 0.3) is 0 Å². The zero-order chi connectivity index (χ0) is 14.2. The molecule has 1 N–H and O–H groups in total. The first-order chi connectivity index (χ1) is 10.4. The van der Waals surface area contributed by atoms with Crippen LogP contribution in [-0.2, 0) is 6.42 Å². The van der Waals surface area contributed by atoms with Crippen molar-refractivity contribution in [3.8, 4) is 0 Å². The van der Waals surface area contributed by atoms with Crippen LogP contribution in [0.25, 0.3) is 0 Å². The Morgan fingerprint density at radius 1 is 1.10 bits per heavy atom. The van der Waals surface area contributed by atoms with Gasteiger partial charge in [0.05, 0.1) is 5.69 Å². The molecule has 0 aromatic carbocycles. The lowest BCUT2D eigenvalue weighted by Crippen LogP contribution is -2.34. The maximum Gasteiger partial charge on any atom is 0.186 e. The Balaban J connectivity index is 1.59. The molecule has 116 valence electrons. The van der Waals surface area contributed by atoms with Crippen LogP contribution in [0.1, 0.15) is 68.0 Å².